The molecule has 6 nitrogen and oxygen atoms in total. The molecule has 1 atom stereocenters. The maximum atomic E-state index is 12.7. The van der Waals surface area contributed by atoms with Gasteiger partial charge in [0.15, 0.2) is 15.8 Å². The Kier molecular flexibility index (Phi) is 7.12. The van der Waals surface area contributed by atoms with Crippen molar-refractivity contribution in [2.45, 2.75) is 26.1 Å². The van der Waals surface area contributed by atoms with Gasteiger partial charge in [-0.25, -0.2) is 8.42 Å². The minimum atomic E-state index is -4.23. The number of nitrogens with zero attached hydrogens (tertiary/aromatic N) is 3. The minimum Gasteiger partial charge on any atom is -0.355 e. The van der Waals surface area contributed by atoms with Crippen molar-refractivity contribution < 1.29 is 21.6 Å². The number of hydrogen-bond acceptors (Lipinski definition) is 4. The van der Waals surface area contributed by atoms with E-state index in [0.717, 1.165) is 0 Å². The molecule has 0 bridgehead atoms. The van der Waals surface area contributed by atoms with Crippen LogP contribution in [0.25, 0.3) is 0 Å². The maximum absolute atomic E-state index is 12.7. The SMILES string of the molecule is CCS(=O)(=O)CCNC(=NC)N1CCN(C(C)C(F)(F)F)CC1. The van der Waals surface area contributed by atoms with Crippen LogP contribution >= 0.6 is 0 Å². The Hall–Kier alpha value is -1.03. The van der Waals surface area contributed by atoms with Gasteiger partial charge in [-0.15, -0.1) is 0 Å². The summed E-state index contributed by atoms with van der Waals surface area (Å²) in [6, 6.07) is -1.46. The van der Waals surface area contributed by atoms with Crippen LogP contribution in [-0.4, -0.2) is 87.7 Å². The van der Waals surface area contributed by atoms with Crippen molar-refractivity contribution in [2.75, 3.05) is 51.3 Å². The number of rotatable bonds is 5. The lowest BCUT2D eigenvalue weighted by Crippen LogP contribution is -2.57. The molecule has 1 heterocycles. The molecule has 1 aliphatic rings. The molecule has 0 aromatic carbocycles. The molecule has 1 saturated heterocycles. The van der Waals surface area contributed by atoms with Crippen LogP contribution in [-0.2, 0) is 9.84 Å². The summed E-state index contributed by atoms with van der Waals surface area (Å²) in [4.78, 5) is 7.31. The third kappa shape index (κ3) is 6.17. The first kappa shape index (κ1) is 20.0. The predicted molar refractivity (Wildman–Crippen MR) is 84.4 cm³/mol. The molecular weight excluding hydrogens is 333 g/mol. The highest BCUT2D eigenvalue weighted by atomic mass is 32.2. The molecule has 1 rings (SSSR count). The third-order valence-corrected chi connectivity index (χ3v) is 5.69. The molecule has 23 heavy (non-hydrogen) atoms. The summed E-state index contributed by atoms with van der Waals surface area (Å²) in [6.07, 6.45) is -4.23. The van der Waals surface area contributed by atoms with Crippen LogP contribution in [0, 0.1) is 0 Å². The largest absolute Gasteiger partial charge is 0.403 e. The van der Waals surface area contributed by atoms with Crippen molar-refractivity contribution in [1.82, 2.24) is 15.1 Å². The van der Waals surface area contributed by atoms with Gasteiger partial charge in [0.1, 0.15) is 6.04 Å². The smallest absolute Gasteiger partial charge is 0.355 e. The topological polar surface area (TPSA) is 65.0 Å². The second-order valence-electron chi connectivity index (χ2n) is 5.45. The fourth-order valence-corrected chi connectivity index (χ4v) is 3.02. The van der Waals surface area contributed by atoms with Crippen molar-refractivity contribution in [2.24, 2.45) is 4.99 Å². The molecule has 0 radical (unpaired) electrons. The van der Waals surface area contributed by atoms with E-state index in [0.29, 0.717) is 19.0 Å². The van der Waals surface area contributed by atoms with Gasteiger partial charge in [-0.05, 0) is 6.92 Å². The van der Waals surface area contributed by atoms with E-state index >= 15 is 0 Å². The van der Waals surface area contributed by atoms with E-state index in [1.54, 1.807) is 14.0 Å². The average Bonchev–Trinajstić information content (AvgIpc) is 2.50. The summed E-state index contributed by atoms with van der Waals surface area (Å²) in [6.45, 7) is 4.40. The van der Waals surface area contributed by atoms with Gasteiger partial charge in [0, 0.05) is 45.5 Å². The summed E-state index contributed by atoms with van der Waals surface area (Å²) in [5.74, 6) is 0.616. The van der Waals surface area contributed by atoms with Crippen molar-refractivity contribution >= 4 is 15.8 Å². The van der Waals surface area contributed by atoms with Gasteiger partial charge in [0.25, 0.3) is 0 Å². The monoisotopic (exact) mass is 358 g/mol. The zero-order valence-corrected chi connectivity index (χ0v) is 14.5. The average molecular weight is 358 g/mol. The first-order valence-electron chi connectivity index (χ1n) is 7.57. The van der Waals surface area contributed by atoms with E-state index in [4.69, 9.17) is 0 Å². The summed E-state index contributed by atoms with van der Waals surface area (Å²) >= 11 is 0. The lowest BCUT2D eigenvalue weighted by molar-refractivity contribution is -0.181. The number of hydrogen-bond donors (Lipinski definition) is 1. The van der Waals surface area contributed by atoms with Gasteiger partial charge in [-0.3, -0.25) is 9.89 Å². The predicted octanol–water partition coefficient (Wildman–Crippen LogP) is 0.565. The Labute approximate surface area is 135 Å². The molecular formula is C13H25F3N4O2S. The molecule has 1 N–H and O–H groups in total. The van der Waals surface area contributed by atoms with E-state index in [2.05, 4.69) is 10.3 Å². The molecule has 0 amide bonds. The van der Waals surface area contributed by atoms with Crippen LogP contribution in [0.1, 0.15) is 13.8 Å². The van der Waals surface area contributed by atoms with E-state index in [1.165, 1.54) is 11.8 Å². The molecule has 0 saturated carbocycles. The Morgan fingerprint density at radius 1 is 1.26 bits per heavy atom. The number of guanidine groups is 1. The van der Waals surface area contributed by atoms with E-state index in [-0.39, 0.29) is 31.1 Å². The highest BCUT2D eigenvalue weighted by Gasteiger charge is 2.41. The van der Waals surface area contributed by atoms with Crippen molar-refractivity contribution in [3.8, 4) is 0 Å². The lowest BCUT2D eigenvalue weighted by atomic mass is 10.2. The molecule has 10 heteroatoms. The zero-order valence-electron chi connectivity index (χ0n) is 13.7. The Morgan fingerprint density at radius 2 is 1.83 bits per heavy atom. The maximum Gasteiger partial charge on any atom is 0.403 e. The van der Waals surface area contributed by atoms with Crippen LogP contribution < -0.4 is 5.32 Å². The van der Waals surface area contributed by atoms with E-state index < -0.39 is 22.1 Å². The Bertz CT molecular complexity index is 500. The van der Waals surface area contributed by atoms with Crippen LogP contribution in [0.15, 0.2) is 4.99 Å². The third-order valence-electron chi connectivity index (χ3n) is 3.98. The number of halogens is 3. The fourth-order valence-electron chi connectivity index (χ4n) is 2.32. The molecule has 1 fully saturated rings. The van der Waals surface area contributed by atoms with Gasteiger partial charge in [-0.2, -0.15) is 13.2 Å². The Morgan fingerprint density at radius 3 is 2.26 bits per heavy atom. The van der Waals surface area contributed by atoms with Gasteiger partial charge < -0.3 is 10.2 Å². The summed E-state index contributed by atoms with van der Waals surface area (Å²) in [7, 11) is -1.49. The second kappa shape index (κ2) is 8.18. The Balaban J connectivity index is 2.48. The van der Waals surface area contributed by atoms with Crippen molar-refractivity contribution in [3.05, 3.63) is 0 Å². The quantitative estimate of drug-likeness (QED) is 0.575. The van der Waals surface area contributed by atoms with E-state index in [9.17, 15) is 21.6 Å². The summed E-state index contributed by atoms with van der Waals surface area (Å²) < 4.78 is 61.1. The van der Waals surface area contributed by atoms with Gasteiger partial charge >= 0.3 is 6.18 Å². The number of piperazine rings is 1. The van der Waals surface area contributed by atoms with Gasteiger partial charge in [-0.1, -0.05) is 6.92 Å². The minimum absolute atomic E-state index is 0.00753. The van der Waals surface area contributed by atoms with Gasteiger partial charge in [0.2, 0.25) is 0 Å². The highest BCUT2D eigenvalue weighted by Crippen LogP contribution is 2.25. The standard InChI is InChI=1S/C13H25F3N4O2S/c1-4-23(21,22)10-5-18-12(17-3)20-8-6-19(7-9-20)11(2)13(14,15)16/h11H,4-10H2,1-3H3,(H,17,18). The highest BCUT2D eigenvalue weighted by molar-refractivity contribution is 7.91. The molecule has 0 aliphatic carbocycles. The first-order valence-corrected chi connectivity index (χ1v) is 9.39. The lowest BCUT2D eigenvalue weighted by Gasteiger charge is -2.39. The van der Waals surface area contributed by atoms with Gasteiger partial charge in [0.05, 0.1) is 5.75 Å². The van der Waals surface area contributed by atoms with Crippen molar-refractivity contribution in [3.63, 3.8) is 0 Å². The molecule has 1 aliphatic heterocycles. The van der Waals surface area contributed by atoms with Crippen LogP contribution in [0.4, 0.5) is 13.2 Å². The number of aliphatic imine (C=N–C) groups is 1. The number of alkyl halides is 3. The first-order chi connectivity index (χ1) is 10.6. The normalized spacial score (nSPS) is 19.7. The zero-order chi connectivity index (χ0) is 17.7. The number of nitrogens with one attached hydrogen (secondary N) is 1. The van der Waals surface area contributed by atoms with E-state index in [1.807, 2.05) is 4.90 Å². The second-order valence-corrected chi connectivity index (χ2v) is 7.92. The fraction of sp³-hybridized carbons (Fsp3) is 0.923. The van der Waals surface area contributed by atoms with Crippen LogP contribution in [0.5, 0.6) is 0 Å². The number of sulfone groups is 1. The van der Waals surface area contributed by atoms with Crippen LogP contribution in [0.3, 0.4) is 0 Å². The molecule has 1 unspecified atom stereocenters. The summed E-state index contributed by atoms with van der Waals surface area (Å²) in [5, 5.41) is 2.96. The summed E-state index contributed by atoms with van der Waals surface area (Å²) in [5.41, 5.74) is 0. The molecule has 0 spiro atoms. The van der Waals surface area contributed by atoms with Crippen molar-refractivity contribution in [1.29, 1.82) is 0 Å². The molecule has 0 aromatic heterocycles. The molecule has 0 aromatic rings. The van der Waals surface area contributed by atoms with Crippen LogP contribution in [0.2, 0.25) is 0 Å². The molecule has 136 valence electrons.